The van der Waals surface area contributed by atoms with Gasteiger partial charge in [0, 0.05) is 36.7 Å². The number of halogens is 1. The zero-order valence-electron chi connectivity index (χ0n) is 11.9. The van der Waals surface area contributed by atoms with Gasteiger partial charge in [-0.2, -0.15) is 5.26 Å². The molecule has 21 heavy (non-hydrogen) atoms. The quantitative estimate of drug-likeness (QED) is 0.440. The minimum absolute atomic E-state index is 0.0151. The fourth-order valence-electron chi connectivity index (χ4n) is 1.47. The third-order valence-electron chi connectivity index (χ3n) is 2.55. The molecule has 0 fully saturated rings. The van der Waals surface area contributed by atoms with Crippen LogP contribution in [0.1, 0.15) is 13.3 Å². The van der Waals surface area contributed by atoms with E-state index in [0.717, 1.165) is 5.69 Å². The highest BCUT2D eigenvalue weighted by Crippen LogP contribution is 2.13. The van der Waals surface area contributed by atoms with Gasteiger partial charge in [-0.1, -0.05) is 11.6 Å². The smallest absolute Gasteiger partial charge is 0.263 e. The van der Waals surface area contributed by atoms with E-state index in [1.165, 1.54) is 6.20 Å². The molecule has 1 amide bonds. The van der Waals surface area contributed by atoms with Crippen LogP contribution < -0.4 is 10.6 Å². The van der Waals surface area contributed by atoms with Crippen LogP contribution in [0.5, 0.6) is 0 Å². The molecule has 0 atom stereocenters. The molecule has 0 spiro atoms. The first-order valence-corrected chi connectivity index (χ1v) is 7.03. The molecule has 0 heterocycles. The second-order valence-electron chi connectivity index (χ2n) is 4.13. The van der Waals surface area contributed by atoms with Crippen molar-refractivity contribution in [3.8, 4) is 6.07 Å². The monoisotopic (exact) mass is 307 g/mol. The fraction of sp³-hybridized carbons (Fsp3) is 0.333. The van der Waals surface area contributed by atoms with Crippen molar-refractivity contribution in [2.75, 3.05) is 25.1 Å². The Balaban J connectivity index is 2.45. The molecular weight excluding hydrogens is 290 g/mol. The largest absolute Gasteiger partial charge is 0.382 e. The molecule has 0 saturated heterocycles. The first-order valence-electron chi connectivity index (χ1n) is 6.65. The summed E-state index contributed by atoms with van der Waals surface area (Å²) in [5.41, 5.74) is 0.762. The molecule has 2 N–H and O–H groups in total. The zero-order chi connectivity index (χ0) is 15.5. The summed E-state index contributed by atoms with van der Waals surface area (Å²) in [6, 6.07) is 8.82. The zero-order valence-corrected chi connectivity index (χ0v) is 12.6. The summed E-state index contributed by atoms with van der Waals surface area (Å²) in [6.07, 6.45) is 2.09. The molecular formula is C15H18ClN3O2. The molecule has 0 aliphatic rings. The van der Waals surface area contributed by atoms with Crippen LogP contribution in [-0.2, 0) is 9.53 Å². The summed E-state index contributed by atoms with van der Waals surface area (Å²) >= 11 is 5.78. The summed E-state index contributed by atoms with van der Waals surface area (Å²) in [5, 5.41) is 15.2. The maximum Gasteiger partial charge on any atom is 0.263 e. The number of nitrogens with zero attached hydrogens (tertiary/aromatic N) is 1. The van der Waals surface area contributed by atoms with Gasteiger partial charge in [0.25, 0.3) is 5.91 Å². The lowest BCUT2D eigenvalue weighted by Crippen LogP contribution is -2.26. The normalized spacial score (nSPS) is 10.8. The second kappa shape index (κ2) is 9.81. The van der Waals surface area contributed by atoms with Gasteiger partial charge in [-0.05, 0) is 37.6 Å². The van der Waals surface area contributed by atoms with Gasteiger partial charge in [0.05, 0.1) is 0 Å². The van der Waals surface area contributed by atoms with E-state index in [2.05, 4.69) is 10.6 Å². The van der Waals surface area contributed by atoms with Crippen LogP contribution in [0.25, 0.3) is 0 Å². The van der Waals surface area contributed by atoms with Crippen LogP contribution in [-0.4, -0.2) is 25.7 Å². The van der Waals surface area contributed by atoms with E-state index in [9.17, 15) is 4.79 Å². The number of rotatable bonds is 8. The lowest BCUT2D eigenvalue weighted by molar-refractivity contribution is -0.117. The van der Waals surface area contributed by atoms with Crippen LogP contribution in [0.2, 0.25) is 5.02 Å². The molecule has 0 radical (unpaired) electrons. The molecule has 112 valence electrons. The van der Waals surface area contributed by atoms with Crippen molar-refractivity contribution < 1.29 is 9.53 Å². The Morgan fingerprint density at radius 1 is 1.43 bits per heavy atom. The van der Waals surface area contributed by atoms with E-state index in [-0.39, 0.29) is 5.57 Å². The summed E-state index contributed by atoms with van der Waals surface area (Å²) in [5.74, 6) is -0.407. The van der Waals surface area contributed by atoms with E-state index in [4.69, 9.17) is 21.6 Å². The molecule has 6 heteroatoms. The maximum absolute atomic E-state index is 11.8. The summed E-state index contributed by atoms with van der Waals surface area (Å²) < 4.78 is 5.16. The highest BCUT2D eigenvalue weighted by atomic mass is 35.5. The molecule has 0 aliphatic heterocycles. The molecule has 0 aliphatic carbocycles. The van der Waals surface area contributed by atoms with Crippen LogP contribution in [0.4, 0.5) is 5.69 Å². The molecule has 0 unspecified atom stereocenters. The van der Waals surface area contributed by atoms with E-state index >= 15 is 0 Å². The number of amides is 1. The number of nitrogens with one attached hydrogen (secondary N) is 2. The highest BCUT2D eigenvalue weighted by molar-refractivity contribution is 6.30. The van der Waals surface area contributed by atoms with Gasteiger partial charge in [-0.25, -0.2) is 0 Å². The van der Waals surface area contributed by atoms with Crippen LogP contribution in [0.15, 0.2) is 36.0 Å². The standard InChI is InChI=1S/C15H18ClN3O2/c1-2-21-9-3-8-18-15(20)12(10-17)11-19-14-6-4-13(16)5-7-14/h4-7,11,19H,2-3,8-9H2,1H3,(H,18,20)/b12-11-. The average Bonchev–Trinajstić information content (AvgIpc) is 2.49. The van der Waals surface area contributed by atoms with E-state index < -0.39 is 5.91 Å². The Labute approximate surface area is 129 Å². The second-order valence-corrected chi connectivity index (χ2v) is 4.56. The number of carbonyl (C=O) groups is 1. The Hall–Kier alpha value is -2.03. The van der Waals surface area contributed by atoms with Crippen LogP contribution in [0.3, 0.4) is 0 Å². The first-order chi connectivity index (χ1) is 10.2. The number of hydrogen-bond acceptors (Lipinski definition) is 4. The summed E-state index contributed by atoms with van der Waals surface area (Å²) in [4.78, 5) is 11.8. The third-order valence-corrected chi connectivity index (χ3v) is 2.80. The highest BCUT2D eigenvalue weighted by Gasteiger charge is 2.07. The molecule has 1 aromatic rings. The fourth-order valence-corrected chi connectivity index (χ4v) is 1.59. The van der Waals surface area contributed by atoms with Crippen LogP contribution in [0, 0.1) is 11.3 Å². The maximum atomic E-state index is 11.8. The number of ether oxygens (including phenoxy) is 1. The van der Waals surface area contributed by atoms with Gasteiger partial charge < -0.3 is 15.4 Å². The third kappa shape index (κ3) is 6.80. The van der Waals surface area contributed by atoms with Gasteiger partial charge in [0.1, 0.15) is 11.6 Å². The van der Waals surface area contributed by atoms with Crippen molar-refractivity contribution in [2.24, 2.45) is 0 Å². The number of hydrogen-bond donors (Lipinski definition) is 2. The number of carbonyl (C=O) groups excluding carboxylic acids is 1. The number of nitriles is 1. The Kier molecular flexibility index (Phi) is 7.95. The SMILES string of the molecule is CCOCCCNC(=O)/C(C#N)=C\Nc1ccc(Cl)cc1. The van der Waals surface area contributed by atoms with Crippen molar-refractivity contribution in [1.82, 2.24) is 5.32 Å². The topological polar surface area (TPSA) is 74.1 Å². The minimum atomic E-state index is -0.407. The van der Waals surface area contributed by atoms with Crippen molar-refractivity contribution >= 4 is 23.2 Å². The van der Waals surface area contributed by atoms with Crippen molar-refractivity contribution in [3.05, 3.63) is 41.1 Å². The van der Waals surface area contributed by atoms with E-state index in [0.29, 0.717) is 31.2 Å². The van der Waals surface area contributed by atoms with Crippen molar-refractivity contribution in [3.63, 3.8) is 0 Å². The summed E-state index contributed by atoms with van der Waals surface area (Å²) in [6.45, 7) is 3.63. The van der Waals surface area contributed by atoms with E-state index in [1.807, 2.05) is 13.0 Å². The Morgan fingerprint density at radius 3 is 2.76 bits per heavy atom. The predicted octanol–water partition coefficient (Wildman–Crippen LogP) is 2.70. The molecule has 1 rings (SSSR count). The van der Waals surface area contributed by atoms with Gasteiger partial charge in [-0.15, -0.1) is 0 Å². The number of anilines is 1. The molecule has 0 aromatic heterocycles. The van der Waals surface area contributed by atoms with Gasteiger partial charge in [0.15, 0.2) is 0 Å². The van der Waals surface area contributed by atoms with Crippen LogP contribution >= 0.6 is 11.6 Å². The van der Waals surface area contributed by atoms with E-state index in [1.54, 1.807) is 24.3 Å². The molecule has 5 nitrogen and oxygen atoms in total. The lowest BCUT2D eigenvalue weighted by atomic mass is 10.2. The molecule has 0 bridgehead atoms. The molecule has 0 saturated carbocycles. The summed E-state index contributed by atoms with van der Waals surface area (Å²) in [7, 11) is 0. The van der Waals surface area contributed by atoms with Crippen molar-refractivity contribution in [2.45, 2.75) is 13.3 Å². The average molecular weight is 308 g/mol. The van der Waals surface area contributed by atoms with Gasteiger partial charge >= 0.3 is 0 Å². The first kappa shape index (κ1) is 17.0. The van der Waals surface area contributed by atoms with Gasteiger partial charge in [0.2, 0.25) is 0 Å². The Morgan fingerprint density at radius 2 is 2.14 bits per heavy atom. The predicted molar refractivity (Wildman–Crippen MR) is 82.9 cm³/mol. The Bertz CT molecular complexity index is 521. The van der Waals surface area contributed by atoms with Gasteiger partial charge in [-0.3, -0.25) is 4.79 Å². The lowest BCUT2D eigenvalue weighted by Gasteiger charge is -2.05. The number of benzene rings is 1. The minimum Gasteiger partial charge on any atom is -0.382 e. The van der Waals surface area contributed by atoms with Crippen molar-refractivity contribution in [1.29, 1.82) is 5.26 Å². The molecule has 1 aromatic carbocycles.